The van der Waals surface area contributed by atoms with E-state index in [1.807, 2.05) is 34.9 Å². The summed E-state index contributed by atoms with van der Waals surface area (Å²) in [6, 6.07) is 16.2. The zero-order valence-electron chi connectivity index (χ0n) is 23.1. The number of methoxy groups -OCH3 is 5. The highest BCUT2D eigenvalue weighted by Crippen LogP contribution is 2.42. The van der Waals surface area contributed by atoms with Crippen LogP contribution in [-0.2, 0) is 4.79 Å². The number of aromatic hydroxyl groups is 1. The number of hydrogen-bond acceptors (Lipinski definition) is 11. The molecule has 13 heteroatoms. The molecule has 1 aromatic heterocycles. The smallest absolute Gasteiger partial charge is 0.250 e. The van der Waals surface area contributed by atoms with Crippen LogP contribution in [0.25, 0.3) is 17.1 Å². The first kappa shape index (κ1) is 29.1. The summed E-state index contributed by atoms with van der Waals surface area (Å²) in [4.78, 5) is 12.6. The molecule has 0 aliphatic rings. The Hall–Kier alpha value is -4.91. The van der Waals surface area contributed by atoms with Crippen LogP contribution in [0.15, 0.2) is 64.9 Å². The third-order valence-corrected chi connectivity index (χ3v) is 6.74. The van der Waals surface area contributed by atoms with Crippen molar-refractivity contribution in [2.24, 2.45) is 5.10 Å². The lowest BCUT2D eigenvalue weighted by Crippen LogP contribution is -2.20. The van der Waals surface area contributed by atoms with Crippen LogP contribution in [0.3, 0.4) is 0 Å². The topological polar surface area (TPSA) is 139 Å². The van der Waals surface area contributed by atoms with Crippen molar-refractivity contribution in [3.05, 3.63) is 60.2 Å². The summed E-state index contributed by atoms with van der Waals surface area (Å²) in [6.07, 6.45) is 1.42. The van der Waals surface area contributed by atoms with Gasteiger partial charge in [0.15, 0.2) is 34.0 Å². The molecule has 0 spiro atoms. The number of thioether (sulfide) groups is 1. The summed E-state index contributed by atoms with van der Waals surface area (Å²) in [6.45, 7) is 0. The fraction of sp³-hybridized carbons (Fsp3) is 0.214. The maximum absolute atomic E-state index is 12.6. The fourth-order valence-corrected chi connectivity index (χ4v) is 4.64. The van der Waals surface area contributed by atoms with Gasteiger partial charge in [0.25, 0.3) is 5.91 Å². The Balaban J connectivity index is 1.56. The predicted octanol–water partition coefficient (Wildman–Crippen LogP) is 3.93. The summed E-state index contributed by atoms with van der Waals surface area (Å²) in [5.41, 5.74) is 4.53. The molecular weight excluding hydrogens is 550 g/mol. The highest BCUT2D eigenvalue weighted by molar-refractivity contribution is 7.99. The van der Waals surface area contributed by atoms with Crippen LogP contribution >= 0.6 is 11.8 Å². The molecule has 0 saturated carbocycles. The molecule has 0 saturated heterocycles. The summed E-state index contributed by atoms with van der Waals surface area (Å²) >= 11 is 1.20. The molecule has 4 aromatic rings. The molecule has 41 heavy (non-hydrogen) atoms. The number of hydrazone groups is 1. The Morgan fingerprint density at radius 1 is 0.902 bits per heavy atom. The lowest BCUT2D eigenvalue weighted by Gasteiger charge is -2.15. The van der Waals surface area contributed by atoms with Crippen molar-refractivity contribution in [1.29, 1.82) is 0 Å². The van der Waals surface area contributed by atoms with Gasteiger partial charge in [-0.1, -0.05) is 30.0 Å². The standard InChI is InChI=1S/C28H29N5O7S/c1-36-20-11-17(12-21(37-2)25(20)35)15-29-30-24(34)16-41-28-32-31-27(33(28)19-9-7-6-8-10-19)18-13-22(38-3)26(40-5)23(14-18)39-4/h6-15,35H,16H2,1-5H3,(H,30,34)/b29-15-. The minimum atomic E-state index is -0.360. The van der Waals surface area contributed by atoms with Gasteiger partial charge in [0, 0.05) is 16.8 Å². The molecule has 3 aromatic carbocycles. The van der Waals surface area contributed by atoms with Crippen LogP contribution in [0, 0.1) is 0 Å². The molecular formula is C28H29N5O7S. The first-order chi connectivity index (χ1) is 19.9. The van der Waals surface area contributed by atoms with Gasteiger partial charge in [-0.25, -0.2) is 5.43 Å². The number of carbonyl (C=O) groups is 1. The van der Waals surface area contributed by atoms with Crippen LogP contribution in [-0.4, -0.2) is 73.3 Å². The van der Waals surface area contributed by atoms with E-state index in [1.165, 1.54) is 39.3 Å². The number of rotatable bonds is 12. The molecule has 0 radical (unpaired) electrons. The van der Waals surface area contributed by atoms with E-state index in [0.717, 1.165) is 5.69 Å². The molecule has 1 heterocycles. The summed E-state index contributed by atoms with van der Waals surface area (Å²) in [5.74, 6) is 1.89. The number of nitrogens with one attached hydrogen (secondary N) is 1. The van der Waals surface area contributed by atoms with Crippen LogP contribution in [0.5, 0.6) is 34.5 Å². The van der Waals surface area contributed by atoms with Gasteiger partial charge >= 0.3 is 0 Å². The van der Waals surface area contributed by atoms with Gasteiger partial charge in [0.2, 0.25) is 11.5 Å². The Labute approximate surface area is 240 Å². The third-order valence-electron chi connectivity index (χ3n) is 5.81. The van der Waals surface area contributed by atoms with Gasteiger partial charge in [0.05, 0.1) is 47.5 Å². The van der Waals surface area contributed by atoms with E-state index in [2.05, 4.69) is 20.7 Å². The quantitative estimate of drug-likeness (QED) is 0.144. The number of nitrogens with zero attached hydrogens (tertiary/aromatic N) is 4. The number of para-hydroxylation sites is 1. The van der Waals surface area contributed by atoms with Crippen molar-refractivity contribution in [3.63, 3.8) is 0 Å². The van der Waals surface area contributed by atoms with Crippen molar-refractivity contribution in [2.45, 2.75) is 5.16 Å². The van der Waals surface area contributed by atoms with Crippen LogP contribution in [0.4, 0.5) is 0 Å². The van der Waals surface area contributed by atoms with Gasteiger partial charge in [0.1, 0.15) is 0 Å². The lowest BCUT2D eigenvalue weighted by atomic mass is 10.1. The van der Waals surface area contributed by atoms with E-state index < -0.39 is 0 Å². The maximum Gasteiger partial charge on any atom is 0.250 e. The molecule has 0 unspecified atom stereocenters. The number of carbonyl (C=O) groups excluding carboxylic acids is 1. The van der Waals surface area contributed by atoms with Crippen LogP contribution < -0.4 is 29.1 Å². The zero-order chi connectivity index (χ0) is 29.4. The van der Waals surface area contributed by atoms with E-state index in [0.29, 0.717) is 39.4 Å². The maximum atomic E-state index is 12.6. The Bertz CT molecular complexity index is 1490. The number of phenolic OH excluding ortho intramolecular Hbond substituents is 1. The van der Waals surface area contributed by atoms with Crippen molar-refractivity contribution in [1.82, 2.24) is 20.2 Å². The Kier molecular flexibility index (Phi) is 9.53. The first-order valence-corrected chi connectivity index (χ1v) is 13.1. The normalized spacial score (nSPS) is 10.9. The summed E-state index contributed by atoms with van der Waals surface area (Å²) in [7, 11) is 7.47. The molecule has 0 aliphatic heterocycles. The number of aromatic nitrogens is 3. The number of amides is 1. The summed E-state index contributed by atoms with van der Waals surface area (Å²) in [5, 5.41) is 23.3. The largest absolute Gasteiger partial charge is 0.502 e. The SMILES string of the molecule is COc1cc(/C=N\NC(=O)CSc2nnc(-c3cc(OC)c(OC)c(OC)c3)n2-c2ccccc2)cc(OC)c1O. The number of ether oxygens (including phenoxy) is 5. The lowest BCUT2D eigenvalue weighted by molar-refractivity contribution is -0.118. The molecule has 214 valence electrons. The highest BCUT2D eigenvalue weighted by Gasteiger charge is 2.21. The Morgan fingerprint density at radius 2 is 1.51 bits per heavy atom. The molecule has 0 bridgehead atoms. The van der Waals surface area contributed by atoms with Gasteiger partial charge in [-0.15, -0.1) is 10.2 Å². The van der Waals surface area contributed by atoms with Gasteiger partial charge < -0.3 is 28.8 Å². The van der Waals surface area contributed by atoms with E-state index in [-0.39, 0.29) is 28.9 Å². The van der Waals surface area contributed by atoms with E-state index in [1.54, 1.807) is 38.5 Å². The van der Waals surface area contributed by atoms with Crippen LogP contribution in [0.2, 0.25) is 0 Å². The number of phenols is 1. The third kappa shape index (κ3) is 6.47. The molecule has 4 rings (SSSR count). The molecule has 0 fully saturated rings. The van der Waals surface area contributed by atoms with Crippen molar-refractivity contribution in [3.8, 4) is 51.6 Å². The summed E-state index contributed by atoms with van der Waals surface area (Å²) < 4.78 is 28.6. The highest BCUT2D eigenvalue weighted by atomic mass is 32.2. The van der Waals surface area contributed by atoms with Crippen LogP contribution in [0.1, 0.15) is 5.56 Å². The minimum Gasteiger partial charge on any atom is -0.502 e. The van der Waals surface area contributed by atoms with Crippen molar-refractivity contribution < 1.29 is 33.6 Å². The monoisotopic (exact) mass is 579 g/mol. The fourth-order valence-electron chi connectivity index (χ4n) is 3.90. The average Bonchev–Trinajstić information content (AvgIpc) is 3.44. The van der Waals surface area contributed by atoms with Gasteiger partial charge in [-0.2, -0.15) is 5.10 Å². The second-order valence-electron chi connectivity index (χ2n) is 8.25. The zero-order valence-corrected chi connectivity index (χ0v) is 23.9. The average molecular weight is 580 g/mol. The molecule has 12 nitrogen and oxygen atoms in total. The second-order valence-corrected chi connectivity index (χ2v) is 9.19. The number of benzene rings is 3. The Morgan fingerprint density at radius 3 is 2.07 bits per heavy atom. The molecule has 0 atom stereocenters. The molecule has 1 amide bonds. The second kappa shape index (κ2) is 13.4. The van der Waals surface area contributed by atoms with E-state index >= 15 is 0 Å². The molecule has 0 aliphatic carbocycles. The minimum absolute atomic E-state index is 0.0137. The first-order valence-electron chi connectivity index (χ1n) is 12.1. The van der Waals surface area contributed by atoms with Crippen molar-refractivity contribution in [2.75, 3.05) is 41.3 Å². The van der Waals surface area contributed by atoms with Crippen molar-refractivity contribution >= 4 is 23.9 Å². The van der Waals surface area contributed by atoms with E-state index in [4.69, 9.17) is 23.7 Å². The number of hydrogen-bond donors (Lipinski definition) is 2. The van der Waals surface area contributed by atoms with E-state index in [9.17, 15) is 9.90 Å². The van der Waals surface area contributed by atoms with Gasteiger partial charge in [-0.05, 0) is 36.4 Å². The molecule has 2 N–H and O–H groups in total. The van der Waals surface area contributed by atoms with Gasteiger partial charge in [-0.3, -0.25) is 9.36 Å². The predicted molar refractivity (Wildman–Crippen MR) is 154 cm³/mol.